The molecule has 29 heavy (non-hydrogen) atoms. The average Bonchev–Trinajstić information content (AvgIpc) is 2.67. The number of ether oxygens (including phenoxy) is 1. The zero-order valence-corrected chi connectivity index (χ0v) is 18.1. The highest BCUT2D eigenvalue weighted by molar-refractivity contribution is 7.92. The van der Waals surface area contributed by atoms with E-state index < -0.39 is 48.4 Å². The van der Waals surface area contributed by atoms with Gasteiger partial charge in [-0.05, 0) is 38.5 Å². The number of sulfone groups is 1. The van der Waals surface area contributed by atoms with Crippen molar-refractivity contribution in [3.63, 3.8) is 0 Å². The van der Waals surface area contributed by atoms with Crippen molar-refractivity contribution < 1.29 is 26.1 Å². The molecule has 0 bridgehead atoms. The van der Waals surface area contributed by atoms with Gasteiger partial charge in [0.05, 0.1) is 33.8 Å². The van der Waals surface area contributed by atoms with Gasteiger partial charge in [0.2, 0.25) is 9.84 Å². The molecule has 2 aromatic carbocycles. The molecule has 0 aromatic heterocycles. The van der Waals surface area contributed by atoms with Gasteiger partial charge in [-0.15, -0.1) is 0 Å². The Labute approximate surface area is 173 Å². The summed E-state index contributed by atoms with van der Waals surface area (Å²) < 4.78 is 74.8. The lowest BCUT2D eigenvalue weighted by atomic mass is 10.2. The molecule has 0 aliphatic carbocycles. The van der Waals surface area contributed by atoms with Gasteiger partial charge in [-0.3, -0.25) is 0 Å². The summed E-state index contributed by atoms with van der Waals surface area (Å²) >= 11 is 0. The number of hydrogen-bond donors (Lipinski definition) is 1. The molecule has 0 heterocycles. The first-order valence-electron chi connectivity index (χ1n) is 8.93. The van der Waals surface area contributed by atoms with Gasteiger partial charge in [0.15, 0.2) is 0 Å². The molecule has 0 saturated heterocycles. The molecule has 1 N–H and O–H groups in total. The van der Waals surface area contributed by atoms with Crippen LogP contribution in [0.1, 0.15) is 26.3 Å². The lowest BCUT2D eigenvalue weighted by Gasteiger charge is -2.29. The van der Waals surface area contributed by atoms with E-state index in [0.717, 1.165) is 17.7 Å². The third-order valence-electron chi connectivity index (χ3n) is 4.02. The van der Waals surface area contributed by atoms with Gasteiger partial charge in [0, 0.05) is 0 Å². The Kier molecular flexibility index (Phi) is 7.67. The summed E-state index contributed by atoms with van der Waals surface area (Å²) in [5, 5.41) is -4.24. The molecular formula is C20H25F2NO4S2. The molecule has 2 aromatic rings. The maximum atomic E-state index is 15.2. The first-order valence-corrected chi connectivity index (χ1v) is 11.6. The van der Waals surface area contributed by atoms with Gasteiger partial charge in [-0.2, -0.15) is 8.78 Å². The Balaban J connectivity index is 2.28. The van der Waals surface area contributed by atoms with Crippen LogP contribution >= 0.6 is 0 Å². The molecule has 0 aliphatic rings. The lowest BCUT2D eigenvalue weighted by Crippen LogP contribution is -2.55. The molecule has 5 nitrogen and oxygen atoms in total. The monoisotopic (exact) mass is 445 g/mol. The van der Waals surface area contributed by atoms with Crippen LogP contribution in [0.25, 0.3) is 0 Å². The highest BCUT2D eigenvalue weighted by Crippen LogP contribution is 2.33. The van der Waals surface area contributed by atoms with Gasteiger partial charge >= 0.3 is 5.25 Å². The van der Waals surface area contributed by atoms with Crippen LogP contribution in [0.2, 0.25) is 0 Å². The van der Waals surface area contributed by atoms with Crippen molar-refractivity contribution >= 4 is 20.8 Å². The molecule has 2 rings (SSSR count). The molecule has 0 amide bonds. The van der Waals surface area contributed by atoms with E-state index in [1.54, 1.807) is 51.1 Å². The van der Waals surface area contributed by atoms with Gasteiger partial charge in [0.1, 0.15) is 6.04 Å². The van der Waals surface area contributed by atoms with Gasteiger partial charge in [-0.25, -0.2) is 17.3 Å². The second-order valence-corrected chi connectivity index (χ2v) is 11.5. The molecule has 1 unspecified atom stereocenters. The normalized spacial score (nSPS) is 15.1. The van der Waals surface area contributed by atoms with Gasteiger partial charge in [0.25, 0.3) is 0 Å². The lowest BCUT2D eigenvalue weighted by molar-refractivity contribution is 0.00376. The van der Waals surface area contributed by atoms with Crippen molar-refractivity contribution in [2.45, 2.75) is 48.3 Å². The fourth-order valence-corrected chi connectivity index (χ4v) is 4.55. The summed E-state index contributed by atoms with van der Waals surface area (Å²) in [5.74, 6) is 0. The molecular weight excluding hydrogens is 420 g/mol. The van der Waals surface area contributed by atoms with Crippen molar-refractivity contribution in [3.8, 4) is 0 Å². The van der Waals surface area contributed by atoms with E-state index in [9.17, 15) is 12.6 Å². The standard InChI is InChI=1S/C20H25F2NO4S2/c1-19(2,3)28(24)23-18(15-27-14-16-10-6-4-7-11-16)20(21,22)29(25,26)17-12-8-5-9-13-17/h4-13,18,23H,14-15H2,1-3H3/t18-,28?/m0/s1. The molecule has 0 saturated carbocycles. The number of benzene rings is 2. The topological polar surface area (TPSA) is 72.5 Å². The van der Waals surface area contributed by atoms with E-state index in [-0.39, 0.29) is 6.61 Å². The van der Waals surface area contributed by atoms with Crippen molar-refractivity contribution in [1.29, 1.82) is 0 Å². The zero-order chi connectivity index (χ0) is 21.7. The molecule has 9 heteroatoms. The second-order valence-electron chi connectivity index (χ2n) is 7.43. The number of rotatable bonds is 9. The number of halogens is 2. The van der Waals surface area contributed by atoms with E-state index in [1.165, 1.54) is 18.2 Å². The summed E-state index contributed by atoms with van der Waals surface area (Å²) in [7, 11) is -6.96. The number of nitrogens with one attached hydrogen (secondary N) is 1. The Morgan fingerprint density at radius 3 is 2.03 bits per heavy atom. The predicted molar refractivity (Wildman–Crippen MR) is 109 cm³/mol. The van der Waals surface area contributed by atoms with Gasteiger partial charge in [-0.1, -0.05) is 48.5 Å². The Hall–Kier alpha value is -1.68. The molecule has 160 valence electrons. The number of alkyl halides is 2. The fraction of sp³-hybridized carbons (Fsp3) is 0.400. The summed E-state index contributed by atoms with van der Waals surface area (Å²) in [6, 6.07) is 13.3. The van der Waals surface area contributed by atoms with E-state index in [2.05, 4.69) is 4.72 Å². The van der Waals surface area contributed by atoms with Crippen molar-refractivity contribution in [2.75, 3.05) is 6.61 Å². The van der Waals surface area contributed by atoms with Crippen LogP contribution in [0.5, 0.6) is 0 Å². The summed E-state index contributed by atoms with van der Waals surface area (Å²) in [5.41, 5.74) is 0.748. The minimum atomic E-state index is -5.03. The molecule has 2 atom stereocenters. The smallest absolute Gasteiger partial charge is 0.368 e. The maximum Gasteiger partial charge on any atom is 0.368 e. The summed E-state index contributed by atoms with van der Waals surface area (Å²) in [4.78, 5) is -0.513. The first-order chi connectivity index (χ1) is 13.5. The number of hydrogen-bond acceptors (Lipinski definition) is 4. The fourth-order valence-electron chi connectivity index (χ4n) is 2.32. The third-order valence-corrected chi connectivity index (χ3v) is 7.52. The predicted octanol–water partition coefficient (Wildman–Crippen LogP) is 3.69. The van der Waals surface area contributed by atoms with Crippen molar-refractivity contribution in [3.05, 3.63) is 66.2 Å². The van der Waals surface area contributed by atoms with Crippen LogP contribution in [0.15, 0.2) is 65.6 Å². The second kappa shape index (κ2) is 9.42. The largest absolute Gasteiger partial charge is 0.375 e. The van der Waals surface area contributed by atoms with Crippen LogP contribution in [0.4, 0.5) is 8.78 Å². The Bertz CT molecular complexity index is 915. The Morgan fingerprint density at radius 2 is 1.52 bits per heavy atom. The third kappa shape index (κ3) is 5.91. The average molecular weight is 446 g/mol. The van der Waals surface area contributed by atoms with E-state index >= 15 is 8.78 Å². The van der Waals surface area contributed by atoms with Crippen LogP contribution < -0.4 is 4.72 Å². The van der Waals surface area contributed by atoms with Crippen LogP contribution in [-0.2, 0) is 32.2 Å². The molecule has 0 aliphatic heterocycles. The van der Waals surface area contributed by atoms with E-state index in [4.69, 9.17) is 4.74 Å². The molecule has 0 spiro atoms. The SMILES string of the molecule is CC(C)(C)S(=O)N[C@@H](COCc1ccccc1)C(F)(F)S(=O)(=O)c1ccccc1. The molecule has 0 fully saturated rings. The summed E-state index contributed by atoms with van der Waals surface area (Å²) in [6.45, 7) is 4.17. The highest BCUT2D eigenvalue weighted by atomic mass is 32.2. The van der Waals surface area contributed by atoms with Crippen LogP contribution in [-0.4, -0.2) is 35.3 Å². The minimum Gasteiger partial charge on any atom is -0.375 e. The summed E-state index contributed by atoms with van der Waals surface area (Å²) in [6.07, 6.45) is 0. The van der Waals surface area contributed by atoms with Crippen LogP contribution in [0.3, 0.4) is 0 Å². The maximum absolute atomic E-state index is 15.2. The van der Waals surface area contributed by atoms with E-state index in [0.29, 0.717) is 0 Å². The zero-order valence-electron chi connectivity index (χ0n) is 16.5. The van der Waals surface area contributed by atoms with Crippen molar-refractivity contribution in [1.82, 2.24) is 4.72 Å². The quantitative estimate of drug-likeness (QED) is 0.639. The Morgan fingerprint density at radius 1 is 1.00 bits per heavy atom. The highest BCUT2D eigenvalue weighted by Gasteiger charge is 2.54. The van der Waals surface area contributed by atoms with E-state index in [1.807, 2.05) is 0 Å². The minimum absolute atomic E-state index is 0.0165. The van der Waals surface area contributed by atoms with Crippen molar-refractivity contribution in [2.24, 2.45) is 0 Å². The van der Waals surface area contributed by atoms with Gasteiger partial charge < -0.3 is 4.74 Å². The first kappa shape index (κ1) is 23.6. The van der Waals surface area contributed by atoms with Crippen LogP contribution in [0, 0.1) is 0 Å². The molecule has 0 radical (unpaired) electrons.